The smallest absolute Gasteiger partial charge is 0.334 e. The van der Waals surface area contributed by atoms with E-state index < -0.39 is 36.6 Å². The molecule has 2 unspecified atom stereocenters. The minimum atomic E-state index is -0.857. The van der Waals surface area contributed by atoms with Gasteiger partial charge in [-0.2, -0.15) is 0 Å². The molecule has 2 rings (SSSR count). The Labute approximate surface area is 266 Å². The van der Waals surface area contributed by atoms with Crippen LogP contribution < -0.4 is 0 Å². The fraction of sp³-hybridized carbons (Fsp3) is 0.914. The summed E-state index contributed by atoms with van der Waals surface area (Å²) in [6, 6.07) is 0. The third-order valence-corrected chi connectivity index (χ3v) is 9.23. The third kappa shape index (κ3) is 16.5. The summed E-state index contributed by atoms with van der Waals surface area (Å²) < 4.78 is 11.0. The molecule has 0 saturated carbocycles. The van der Waals surface area contributed by atoms with Crippen LogP contribution in [0.1, 0.15) is 149 Å². The second-order valence-electron chi connectivity index (χ2n) is 13.5. The van der Waals surface area contributed by atoms with E-state index in [4.69, 9.17) is 9.47 Å². The summed E-state index contributed by atoms with van der Waals surface area (Å²) in [7, 11) is 0. The van der Waals surface area contributed by atoms with Crippen LogP contribution in [0.5, 0.6) is 0 Å². The van der Waals surface area contributed by atoms with E-state index in [1.807, 2.05) is 0 Å². The zero-order valence-electron chi connectivity index (χ0n) is 27.5. The van der Waals surface area contributed by atoms with E-state index in [1.54, 1.807) is 13.0 Å². The van der Waals surface area contributed by atoms with Crippen LogP contribution in [0.15, 0.2) is 11.6 Å². The lowest BCUT2D eigenvalue weighted by atomic mass is 9.97. The maximum Gasteiger partial charge on any atom is 0.334 e. The lowest BCUT2D eigenvalue weighted by molar-refractivity contribution is -0.139. The summed E-state index contributed by atoms with van der Waals surface area (Å²) in [4.78, 5) is 11.7. The van der Waals surface area contributed by atoms with Crippen LogP contribution >= 0.6 is 0 Å². The molecule has 258 valence electrons. The van der Waals surface area contributed by atoms with E-state index >= 15 is 0 Å². The van der Waals surface area contributed by atoms with Gasteiger partial charge in [0.25, 0.3) is 0 Å². The molecule has 0 amide bonds. The van der Waals surface area contributed by atoms with Crippen molar-refractivity contribution in [1.82, 2.24) is 0 Å². The van der Waals surface area contributed by atoms with Crippen LogP contribution in [0.3, 0.4) is 0 Å². The zero-order valence-corrected chi connectivity index (χ0v) is 27.5. The molecule has 2 aliphatic rings. The van der Waals surface area contributed by atoms with Gasteiger partial charge < -0.3 is 40.1 Å². The summed E-state index contributed by atoms with van der Waals surface area (Å²) in [5, 5.41) is 62.4. The summed E-state index contributed by atoms with van der Waals surface area (Å²) >= 11 is 0. The van der Waals surface area contributed by atoms with Crippen molar-refractivity contribution in [1.29, 1.82) is 0 Å². The van der Waals surface area contributed by atoms with Crippen molar-refractivity contribution in [3.63, 3.8) is 0 Å². The molecule has 2 heterocycles. The number of hydrogen-bond donors (Lipinski definition) is 6. The van der Waals surface area contributed by atoms with Gasteiger partial charge in [0.1, 0.15) is 6.10 Å². The molecule has 9 nitrogen and oxygen atoms in total. The normalized spacial score (nSPS) is 24.5. The molecule has 9 atom stereocenters. The lowest BCUT2D eigenvalue weighted by Crippen LogP contribution is -2.31. The van der Waals surface area contributed by atoms with Gasteiger partial charge in [0.15, 0.2) is 0 Å². The molecule has 0 aromatic heterocycles. The first kappa shape index (κ1) is 39.1. The van der Waals surface area contributed by atoms with Gasteiger partial charge in [-0.1, -0.05) is 71.1 Å². The molecule has 9 heteroatoms. The second-order valence-corrected chi connectivity index (χ2v) is 13.5. The van der Waals surface area contributed by atoms with E-state index in [2.05, 4.69) is 6.92 Å². The quantitative estimate of drug-likeness (QED) is 0.0573. The Balaban J connectivity index is 1.50. The Hall–Kier alpha value is -1.07. The standard InChI is InChI=1S/C35H64O9/c1-3-4-5-6-7-8-9-10-11-12-16-31(39)32(40)18-19-33(41)34-20-17-30(44-34)24-29(38)23-28(37)15-13-14-27(36)22-26-21-25(2)43-35(26)42/h21,25,27-34,36-41H,3-20,22-24H2,1-2H3/t25?,27?,28-,29-,30-,31-,32-,33-,34-/m1/s1. The van der Waals surface area contributed by atoms with Crippen molar-refractivity contribution >= 4 is 5.97 Å². The van der Waals surface area contributed by atoms with Crippen molar-refractivity contribution in [2.24, 2.45) is 0 Å². The highest BCUT2D eigenvalue weighted by atomic mass is 16.5. The van der Waals surface area contributed by atoms with E-state index in [-0.39, 0.29) is 37.1 Å². The topological polar surface area (TPSA) is 157 Å². The number of aliphatic hydroxyl groups is 6. The number of ether oxygens (including phenoxy) is 2. The van der Waals surface area contributed by atoms with Gasteiger partial charge in [-0.3, -0.25) is 0 Å². The number of unbranched alkanes of at least 4 members (excludes halogenated alkanes) is 9. The number of hydrogen-bond acceptors (Lipinski definition) is 9. The van der Waals surface area contributed by atoms with Gasteiger partial charge in [0.05, 0.1) is 48.8 Å². The molecule has 0 radical (unpaired) electrons. The Kier molecular flexibility index (Phi) is 20.0. The van der Waals surface area contributed by atoms with Crippen LogP contribution in [0.4, 0.5) is 0 Å². The van der Waals surface area contributed by atoms with Gasteiger partial charge in [-0.25, -0.2) is 4.79 Å². The van der Waals surface area contributed by atoms with Crippen molar-refractivity contribution < 1.29 is 44.9 Å². The van der Waals surface area contributed by atoms with Crippen LogP contribution in [-0.2, 0) is 14.3 Å². The average Bonchev–Trinajstić information content (AvgIpc) is 3.57. The number of cyclic esters (lactones) is 1. The predicted octanol–water partition coefficient (Wildman–Crippen LogP) is 5.00. The first-order chi connectivity index (χ1) is 21.1. The molecule has 1 saturated heterocycles. The highest BCUT2D eigenvalue weighted by Crippen LogP contribution is 2.29. The van der Waals surface area contributed by atoms with Crippen LogP contribution in [-0.4, -0.2) is 91.5 Å². The van der Waals surface area contributed by atoms with Crippen molar-refractivity contribution in [3.05, 3.63) is 11.6 Å². The zero-order chi connectivity index (χ0) is 32.3. The number of rotatable bonds is 26. The van der Waals surface area contributed by atoms with Gasteiger partial charge in [0.2, 0.25) is 0 Å². The molecule has 6 N–H and O–H groups in total. The second kappa shape index (κ2) is 22.5. The molecule has 2 aliphatic heterocycles. The number of carbonyl (C=O) groups excluding carboxylic acids is 1. The molecular formula is C35H64O9. The van der Waals surface area contributed by atoms with Crippen LogP contribution in [0.25, 0.3) is 0 Å². The number of esters is 1. The predicted molar refractivity (Wildman–Crippen MR) is 171 cm³/mol. The lowest BCUT2D eigenvalue weighted by Gasteiger charge is -2.23. The van der Waals surface area contributed by atoms with Gasteiger partial charge >= 0.3 is 5.97 Å². The Bertz CT molecular complexity index is 790. The van der Waals surface area contributed by atoms with E-state index in [0.717, 1.165) is 12.8 Å². The number of carbonyl (C=O) groups is 1. The largest absolute Gasteiger partial charge is 0.455 e. The molecule has 0 aromatic carbocycles. The third-order valence-electron chi connectivity index (χ3n) is 9.23. The fourth-order valence-corrected chi connectivity index (χ4v) is 6.50. The van der Waals surface area contributed by atoms with Gasteiger partial charge in [-0.15, -0.1) is 0 Å². The summed E-state index contributed by atoms with van der Waals surface area (Å²) in [6.07, 6.45) is 13.6. The van der Waals surface area contributed by atoms with Gasteiger partial charge in [0, 0.05) is 12.0 Å². The Morgan fingerprint density at radius 3 is 1.98 bits per heavy atom. The molecule has 0 aliphatic carbocycles. The summed E-state index contributed by atoms with van der Waals surface area (Å²) in [5.74, 6) is -0.380. The maximum absolute atomic E-state index is 11.7. The Morgan fingerprint density at radius 1 is 0.727 bits per heavy atom. The molecule has 44 heavy (non-hydrogen) atoms. The van der Waals surface area contributed by atoms with Gasteiger partial charge in [-0.05, 0) is 77.2 Å². The first-order valence-electron chi connectivity index (χ1n) is 17.7. The fourth-order valence-electron chi connectivity index (χ4n) is 6.50. The van der Waals surface area contributed by atoms with E-state index in [0.29, 0.717) is 63.4 Å². The SMILES string of the molecule is CCCCCCCCCCCC[C@@H](O)[C@H](O)CC[C@@H](O)[C@H]1CC[C@H](C[C@H](O)C[C@H](O)CCCC(O)CC2=CC(C)OC2=O)O1. The summed E-state index contributed by atoms with van der Waals surface area (Å²) in [6.45, 7) is 4.01. The van der Waals surface area contributed by atoms with Crippen LogP contribution in [0, 0.1) is 0 Å². The Morgan fingerprint density at radius 2 is 1.34 bits per heavy atom. The molecule has 0 spiro atoms. The van der Waals surface area contributed by atoms with E-state index in [1.165, 1.54) is 51.4 Å². The molecular weight excluding hydrogens is 564 g/mol. The molecule has 0 aromatic rings. The molecule has 1 fully saturated rings. The maximum atomic E-state index is 11.7. The first-order valence-corrected chi connectivity index (χ1v) is 17.7. The van der Waals surface area contributed by atoms with Crippen molar-refractivity contribution in [3.8, 4) is 0 Å². The monoisotopic (exact) mass is 628 g/mol. The average molecular weight is 629 g/mol. The van der Waals surface area contributed by atoms with Crippen molar-refractivity contribution in [2.75, 3.05) is 0 Å². The van der Waals surface area contributed by atoms with E-state index in [9.17, 15) is 35.4 Å². The van der Waals surface area contributed by atoms with Crippen LogP contribution in [0.2, 0.25) is 0 Å². The minimum Gasteiger partial charge on any atom is -0.455 e. The minimum absolute atomic E-state index is 0.202. The number of aliphatic hydroxyl groups excluding tert-OH is 6. The highest BCUT2D eigenvalue weighted by molar-refractivity contribution is 5.90. The van der Waals surface area contributed by atoms with Crippen molar-refractivity contribution in [2.45, 2.75) is 204 Å². The highest BCUT2D eigenvalue weighted by Gasteiger charge is 2.33. The molecule has 0 bridgehead atoms. The summed E-state index contributed by atoms with van der Waals surface area (Å²) in [5.41, 5.74) is 0.495.